The Balaban J connectivity index is 2.00. The van der Waals surface area contributed by atoms with Crippen molar-refractivity contribution in [2.75, 3.05) is 19.0 Å². The van der Waals surface area contributed by atoms with Crippen LogP contribution >= 0.6 is 0 Å². The minimum atomic E-state index is -0.388. The summed E-state index contributed by atoms with van der Waals surface area (Å²) in [4.78, 5) is 11.9. The third-order valence-electron chi connectivity index (χ3n) is 2.74. The molecule has 7 nitrogen and oxygen atoms in total. The zero-order chi connectivity index (χ0) is 15.2. The largest absolute Gasteiger partial charge is 0.493 e. The van der Waals surface area contributed by atoms with Crippen LogP contribution < -0.4 is 14.8 Å². The molecule has 0 spiro atoms. The second-order valence-corrected chi connectivity index (χ2v) is 4.13. The lowest BCUT2D eigenvalue weighted by Crippen LogP contribution is -2.22. The van der Waals surface area contributed by atoms with E-state index in [4.69, 9.17) is 14.7 Å². The molecule has 0 aliphatic rings. The highest BCUT2D eigenvalue weighted by atomic mass is 16.5. The van der Waals surface area contributed by atoms with Crippen molar-refractivity contribution in [3.05, 3.63) is 36.0 Å². The van der Waals surface area contributed by atoms with Gasteiger partial charge in [0.05, 0.1) is 13.3 Å². The first kappa shape index (κ1) is 14.4. The van der Waals surface area contributed by atoms with E-state index in [1.807, 2.05) is 6.07 Å². The van der Waals surface area contributed by atoms with Gasteiger partial charge in [-0.25, -0.2) is 0 Å². The van der Waals surface area contributed by atoms with Crippen molar-refractivity contribution >= 4 is 11.7 Å². The Labute approximate surface area is 121 Å². The van der Waals surface area contributed by atoms with Crippen molar-refractivity contribution in [3.63, 3.8) is 0 Å². The Kier molecular flexibility index (Phi) is 4.41. The van der Waals surface area contributed by atoms with Gasteiger partial charge in [0.2, 0.25) is 0 Å². The second-order valence-electron chi connectivity index (χ2n) is 4.13. The average Bonchev–Trinajstić information content (AvgIpc) is 2.86. The smallest absolute Gasteiger partial charge is 0.263 e. The predicted octanol–water partition coefficient (Wildman–Crippen LogP) is 1.32. The number of nitriles is 1. The van der Waals surface area contributed by atoms with Crippen molar-refractivity contribution in [1.82, 2.24) is 9.78 Å². The van der Waals surface area contributed by atoms with E-state index in [0.717, 1.165) is 0 Å². The number of nitrogens with one attached hydrogen (secondary N) is 1. The third-order valence-corrected chi connectivity index (χ3v) is 2.74. The maximum atomic E-state index is 11.9. The number of anilines is 1. The molecule has 7 heteroatoms. The molecule has 0 radical (unpaired) electrons. The summed E-state index contributed by atoms with van der Waals surface area (Å²) in [5, 5.41) is 15.4. The maximum absolute atomic E-state index is 11.9. The molecule has 1 aromatic heterocycles. The first-order valence-electron chi connectivity index (χ1n) is 6.13. The molecule has 0 aliphatic carbocycles. The summed E-state index contributed by atoms with van der Waals surface area (Å²) < 4.78 is 11.9. The fourth-order valence-electron chi connectivity index (χ4n) is 1.72. The number of carbonyl (C=O) groups excluding carboxylic acids is 1. The molecule has 1 amide bonds. The van der Waals surface area contributed by atoms with Gasteiger partial charge in [0.1, 0.15) is 17.5 Å². The van der Waals surface area contributed by atoms with Crippen molar-refractivity contribution in [3.8, 4) is 17.6 Å². The third kappa shape index (κ3) is 3.30. The van der Waals surface area contributed by atoms with Gasteiger partial charge in [-0.1, -0.05) is 12.1 Å². The second kappa shape index (κ2) is 6.43. The lowest BCUT2D eigenvalue weighted by atomic mass is 10.3. The molecule has 0 aliphatic heterocycles. The lowest BCUT2D eigenvalue weighted by Gasteiger charge is -2.10. The highest BCUT2D eigenvalue weighted by molar-refractivity contribution is 5.92. The predicted molar refractivity (Wildman–Crippen MR) is 75.0 cm³/mol. The number of carbonyl (C=O) groups is 1. The number of aryl methyl sites for hydroxylation is 1. The summed E-state index contributed by atoms with van der Waals surface area (Å²) in [5.74, 6) is 0.969. The van der Waals surface area contributed by atoms with Gasteiger partial charge in [-0.15, -0.1) is 0 Å². The number of aromatic nitrogens is 2. The van der Waals surface area contributed by atoms with Crippen LogP contribution in [0.5, 0.6) is 11.5 Å². The fourth-order valence-corrected chi connectivity index (χ4v) is 1.72. The zero-order valence-electron chi connectivity index (χ0n) is 11.7. The molecular weight excluding hydrogens is 272 g/mol. The van der Waals surface area contributed by atoms with E-state index in [1.165, 1.54) is 18.0 Å². The van der Waals surface area contributed by atoms with Crippen LogP contribution in [0.15, 0.2) is 30.5 Å². The number of nitrogens with zero attached hydrogens (tertiary/aromatic N) is 3. The monoisotopic (exact) mass is 286 g/mol. The van der Waals surface area contributed by atoms with E-state index >= 15 is 0 Å². The van der Waals surface area contributed by atoms with Gasteiger partial charge in [-0.2, -0.15) is 10.4 Å². The van der Waals surface area contributed by atoms with Crippen LogP contribution in [-0.2, 0) is 11.8 Å². The zero-order valence-corrected chi connectivity index (χ0v) is 11.7. The molecule has 108 valence electrons. The Hall–Kier alpha value is -3.01. The first-order chi connectivity index (χ1) is 10.2. The van der Waals surface area contributed by atoms with Crippen LogP contribution in [0.3, 0.4) is 0 Å². The molecule has 1 N–H and O–H groups in total. The minimum Gasteiger partial charge on any atom is -0.493 e. The molecule has 1 heterocycles. The van der Waals surface area contributed by atoms with Gasteiger partial charge in [0, 0.05) is 7.05 Å². The standard InChI is InChI=1S/C14H14N4O3/c1-18-14(10(7-15)8-16-18)17-13(19)9-21-12-6-4-3-5-11(12)20-2/h3-6,8H,9H2,1-2H3,(H,17,19). The van der Waals surface area contributed by atoms with E-state index in [2.05, 4.69) is 10.4 Å². The number of hydrogen-bond donors (Lipinski definition) is 1. The summed E-state index contributed by atoms with van der Waals surface area (Å²) in [6.45, 7) is -0.198. The van der Waals surface area contributed by atoms with Gasteiger partial charge in [-0.05, 0) is 12.1 Å². The van der Waals surface area contributed by atoms with Crippen LogP contribution in [0.4, 0.5) is 5.82 Å². The number of ether oxygens (including phenoxy) is 2. The molecule has 0 saturated heterocycles. The summed E-state index contributed by atoms with van der Waals surface area (Å²) in [7, 11) is 3.16. The van der Waals surface area contributed by atoms with Crippen molar-refractivity contribution in [2.45, 2.75) is 0 Å². The van der Waals surface area contributed by atoms with Crippen LogP contribution in [-0.4, -0.2) is 29.4 Å². The number of benzene rings is 1. The number of para-hydroxylation sites is 2. The molecule has 2 aromatic rings. The molecule has 21 heavy (non-hydrogen) atoms. The molecular formula is C14H14N4O3. The van der Waals surface area contributed by atoms with E-state index in [9.17, 15) is 4.79 Å². The first-order valence-corrected chi connectivity index (χ1v) is 6.13. The summed E-state index contributed by atoms with van der Waals surface area (Å²) in [6, 6.07) is 8.99. The number of amides is 1. The van der Waals surface area contributed by atoms with Gasteiger partial charge in [0.25, 0.3) is 5.91 Å². The molecule has 0 bridgehead atoms. The highest BCUT2D eigenvalue weighted by Gasteiger charge is 2.12. The number of methoxy groups -OCH3 is 1. The van der Waals surface area contributed by atoms with Crippen LogP contribution in [0, 0.1) is 11.3 Å². The fraction of sp³-hybridized carbons (Fsp3) is 0.214. The maximum Gasteiger partial charge on any atom is 0.263 e. The normalized spacial score (nSPS) is 9.76. The highest BCUT2D eigenvalue weighted by Crippen LogP contribution is 2.25. The molecule has 2 rings (SSSR count). The van der Waals surface area contributed by atoms with Gasteiger partial charge in [-0.3, -0.25) is 9.48 Å². The van der Waals surface area contributed by atoms with Crippen LogP contribution in [0.2, 0.25) is 0 Å². The van der Waals surface area contributed by atoms with E-state index in [1.54, 1.807) is 31.3 Å². The van der Waals surface area contributed by atoms with Crippen LogP contribution in [0.1, 0.15) is 5.56 Å². The van der Waals surface area contributed by atoms with E-state index in [0.29, 0.717) is 22.9 Å². The van der Waals surface area contributed by atoms with E-state index in [-0.39, 0.29) is 12.5 Å². The average molecular weight is 286 g/mol. The Morgan fingerprint density at radius 2 is 2.14 bits per heavy atom. The van der Waals surface area contributed by atoms with Gasteiger partial charge < -0.3 is 14.8 Å². The van der Waals surface area contributed by atoms with Crippen molar-refractivity contribution in [2.24, 2.45) is 7.05 Å². The molecule has 0 atom stereocenters. The van der Waals surface area contributed by atoms with Crippen molar-refractivity contribution < 1.29 is 14.3 Å². The minimum absolute atomic E-state index is 0.198. The quantitative estimate of drug-likeness (QED) is 0.895. The Bertz CT molecular complexity index is 688. The summed E-state index contributed by atoms with van der Waals surface area (Å²) in [5.41, 5.74) is 0.295. The molecule has 0 saturated carbocycles. The Morgan fingerprint density at radius 3 is 2.81 bits per heavy atom. The number of rotatable bonds is 5. The topological polar surface area (TPSA) is 89.2 Å². The van der Waals surface area contributed by atoms with Gasteiger partial charge >= 0.3 is 0 Å². The Morgan fingerprint density at radius 1 is 1.43 bits per heavy atom. The number of hydrogen-bond acceptors (Lipinski definition) is 5. The molecule has 1 aromatic carbocycles. The van der Waals surface area contributed by atoms with Crippen LogP contribution in [0.25, 0.3) is 0 Å². The SMILES string of the molecule is COc1ccccc1OCC(=O)Nc1c(C#N)cnn1C. The molecule has 0 fully saturated rings. The summed E-state index contributed by atoms with van der Waals surface area (Å²) >= 11 is 0. The molecule has 0 unspecified atom stereocenters. The van der Waals surface area contributed by atoms with Crippen molar-refractivity contribution in [1.29, 1.82) is 5.26 Å². The van der Waals surface area contributed by atoms with Gasteiger partial charge in [0.15, 0.2) is 18.1 Å². The lowest BCUT2D eigenvalue weighted by molar-refractivity contribution is -0.118. The van der Waals surface area contributed by atoms with E-state index < -0.39 is 0 Å². The summed E-state index contributed by atoms with van der Waals surface area (Å²) in [6.07, 6.45) is 1.39.